The van der Waals surface area contributed by atoms with Gasteiger partial charge in [-0.3, -0.25) is 4.79 Å². The molecule has 0 radical (unpaired) electrons. The van der Waals surface area contributed by atoms with Gasteiger partial charge in [-0.2, -0.15) is 4.72 Å². The summed E-state index contributed by atoms with van der Waals surface area (Å²) in [7, 11) is -4.24. The highest BCUT2D eigenvalue weighted by Gasteiger charge is 2.33. The number of phenols is 1. The molecule has 2 aromatic heterocycles. The van der Waals surface area contributed by atoms with Crippen molar-refractivity contribution in [1.82, 2.24) is 20.0 Å². The number of nitrogens with one attached hydrogen (secondary N) is 3. The molecule has 3 aromatic carbocycles. The van der Waals surface area contributed by atoms with Crippen molar-refractivity contribution in [3.8, 4) is 45.5 Å². The number of nitrogens with two attached hydrogens (primary N) is 1. The van der Waals surface area contributed by atoms with Crippen molar-refractivity contribution < 1.29 is 37.6 Å². The highest BCUT2D eigenvalue weighted by molar-refractivity contribution is 7.89. The number of sulfonamides is 1. The van der Waals surface area contributed by atoms with Crippen molar-refractivity contribution in [3.63, 3.8) is 0 Å². The number of pyridine rings is 2. The summed E-state index contributed by atoms with van der Waals surface area (Å²) >= 11 is 0. The van der Waals surface area contributed by atoms with E-state index in [9.17, 15) is 23.4 Å². The maximum atomic E-state index is 13.7. The molecular weight excluding hydrogens is 725 g/mol. The third kappa shape index (κ3) is 10.1. The number of phenolic OH excluding ortho intramolecular Hbond substituents is 1. The summed E-state index contributed by atoms with van der Waals surface area (Å²) in [5.74, 6) is 7.10. The minimum atomic E-state index is -4.24. The topological polar surface area (TPSA) is 207 Å². The Bertz CT molecular complexity index is 2190. The maximum absolute atomic E-state index is 13.7. The lowest BCUT2D eigenvalue weighted by Crippen LogP contribution is -2.55. The van der Waals surface area contributed by atoms with Crippen LogP contribution in [-0.4, -0.2) is 60.2 Å². The Labute approximate surface area is 319 Å². The van der Waals surface area contributed by atoms with Gasteiger partial charge in [-0.05, 0) is 84.8 Å². The predicted molar refractivity (Wildman–Crippen MR) is 206 cm³/mol. The highest BCUT2D eigenvalue weighted by atomic mass is 32.2. The van der Waals surface area contributed by atoms with E-state index in [-0.39, 0.29) is 35.6 Å². The SMILES string of the molecule is CC(C)(CCCCOc1cc(-c2ccc3c(c2)OCO3)cc(-c2ccccc2)n1)C(=O)NC(Cc1ccc(O)cc1)C(O)NS(=O)(=O)c1ccc(NN)nc1. The van der Waals surface area contributed by atoms with Gasteiger partial charge >= 0.3 is 0 Å². The van der Waals surface area contributed by atoms with Crippen LogP contribution < -0.4 is 35.5 Å². The van der Waals surface area contributed by atoms with Gasteiger partial charge in [-0.15, -0.1) is 0 Å². The van der Waals surface area contributed by atoms with Gasteiger partial charge in [0, 0.05) is 23.2 Å². The molecule has 5 aromatic rings. The smallest absolute Gasteiger partial charge is 0.244 e. The number of aromatic hydroxyl groups is 1. The normalized spacial score (nSPS) is 13.5. The third-order valence-electron chi connectivity index (χ3n) is 9.20. The van der Waals surface area contributed by atoms with Gasteiger partial charge in [0.2, 0.25) is 28.6 Å². The molecule has 14 nitrogen and oxygen atoms in total. The molecule has 15 heteroatoms. The van der Waals surface area contributed by atoms with E-state index >= 15 is 0 Å². The van der Waals surface area contributed by atoms with Crippen LogP contribution in [-0.2, 0) is 21.2 Å². The molecule has 6 rings (SSSR count). The first-order valence-electron chi connectivity index (χ1n) is 17.7. The minimum absolute atomic E-state index is 0.0449. The van der Waals surface area contributed by atoms with Gasteiger partial charge in [0.05, 0.1) is 18.3 Å². The number of benzene rings is 3. The average molecular weight is 769 g/mol. The van der Waals surface area contributed by atoms with Crippen LogP contribution in [0, 0.1) is 5.41 Å². The summed E-state index contributed by atoms with van der Waals surface area (Å²) in [6, 6.07) is 27.3. The number of nitrogens with zero attached hydrogens (tertiary/aromatic N) is 2. The molecule has 0 aliphatic carbocycles. The molecule has 2 atom stereocenters. The summed E-state index contributed by atoms with van der Waals surface area (Å²) in [6.07, 6.45) is 1.19. The lowest BCUT2D eigenvalue weighted by atomic mass is 9.85. The molecule has 0 fully saturated rings. The number of anilines is 1. The largest absolute Gasteiger partial charge is 0.508 e. The van der Waals surface area contributed by atoms with Crippen LogP contribution in [0.4, 0.5) is 5.82 Å². The van der Waals surface area contributed by atoms with E-state index in [1.807, 2.05) is 60.7 Å². The molecule has 3 heterocycles. The van der Waals surface area contributed by atoms with Gasteiger partial charge in [0.15, 0.2) is 11.5 Å². The first kappa shape index (κ1) is 39.0. The van der Waals surface area contributed by atoms with Crippen molar-refractivity contribution in [2.45, 2.75) is 56.7 Å². The molecule has 1 aliphatic rings. The quantitative estimate of drug-likeness (QED) is 0.0315. The van der Waals surface area contributed by atoms with Gasteiger partial charge < -0.3 is 35.2 Å². The maximum Gasteiger partial charge on any atom is 0.244 e. The molecule has 0 bridgehead atoms. The second kappa shape index (κ2) is 17.2. The third-order valence-corrected chi connectivity index (χ3v) is 10.6. The first-order chi connectivity index (χ1) is 26.4. The van der Waals surface area contributed by atoms with E-state index in [4.69, 9.17) is 25.0 Å². The summed E-state index contributed by atoms with van der Waals surface area (Å²) in [6.45, 7) is 4.12. The van der Waals surface area contributed by atoms with Crippen molar-refractivity contribution in [2.75, 3.05) is 18.8 Å². The number of amides is 1. The summed E-state index contributed by atoms with van der Waals surface area (Å²) < 4.78 is 45.7. The number of hydrogen-bond acceptors (Lipinski definition) is 12. The van der Waals surface area contributed by atoms with Crippen LogP contribution in [0.2, 0.25) is 0 Å². The zero-order valence-corrected chi connectivity index (χ0v) is 31.3. The molecule has 7 N–H and O–H groups in total. The zero-order chi connectivity index (χ0) is 39.0. The molecule has 2 unspecified atom stereocenters. The number of unbranched alkanes of at least 4 members (excludes halogenated alkanes) is 1. The van der Waals surface area contributed by atoms with E-state index in [0.717, 1.165) is 28.6 Å². The van der Waals surface area contributed by atoms with Gasteiger partial charge in [0.25, 0.3) is 0 Å². The average Bonchev–Trinajstić information content (AvgIpc) is 3.66. The number of carbonyl (C=O) groups excluding carboxylic acids is 1. The van der Waals surface area contributed by atoms with E-state index in [2.05, 4.69) is 20.4 Å². The van der Waals surface area contributed by atoms with Crippen molar-refractivity contribution in [1.29, 1.82) is 0 Å². The van der Waals surface area contributed by atoms with Crippen LogP contribution >= 0.6 is 0 Å². The monoisotopic (exact) mass is 768 g/mol. The van der Waals surface area contributed by atoms with Crippen LogP contribution in [0.1, 0.15) is 38.7 Å². The standard InChI is InChI=1S/C40H44N6O8S/c1-40(2,39(49)44-33(20-26-10-13-30(47)14-11-26)38(48)46-55(50,51)31-15-17-36(45-41)42-24-31)18-6-7-19-52-37-23-29(21-32(43-37)27-8-4-3-5-9-27)28-12-16-34-35(22-28)54-25-53-34/h3-5,8-17,21-24,33,38,46-48H,6-7,18-20,25,41H2,1-2H3,(H,42,45)(H,44,49). The van der Waals surface area contributed by atoms with Crippen molar-refractivity contribution in [3.05, 3.63) is 109 Å². The molecule has 1 amide bonds. The lowest BCUT2D eigenvalue weighted by Gasteiger charge is -2.30. The van der Waals surface area contributed by atoms with E-state index in [0.29, 0.717) is 48.8 Å². The number of hydrogen-bond donors (Lipinski definition) is 6. The molecule has 0 saturated heterocycles. The molecule has 0 spiro atoms. The number of nitrogen functional groups attached to an aromatic ring is 1. The van der Waals surface area contributed by atoms with Crippen LogP contribution in [0.5, 0.6) is 23.1 Å². The number of rotatable bonds is 17. The summed E-state index contributed by atoms with van der Waals surface area (Å²) in [4.78, 5) is 22.2. The second-order valence-electron chi connectivity index (χ2n) is 13.7. The Balaban J connectivity index is 1.09. The Morgan fingerprint density at radius 1 is 0.927 bits per heavy atom. The van der Waals surface area contributed by atoms with Crippen molar-refractivity contribution >= 4 is 21.7 Å². The lowest BCUT2D eigenvalue weighted by molar-refractivity contribution is -0.131. The van der Waals surface area contributed by atoms with E-state index in [1.54, 1.807) is 26.0 Å². The summed E-state index contributed by atoms with van der Waals surface area (Å²) in [5.41, 5.74) is 5.63. The van der Waals surface area contributed by atoms with Gasteiger partial charge in [0.1, 0.15) is 22.7 Å². The molecule has 1 aliphatic heterocycles. The number of aliphatic hydroxyl groups is 1. The molecule has 0 saturated carbocycles. The fourth-order valence-corrected chi connectivity index (χ4v) is 7.02. The molecule has 288 valence electrons. The van der Waals surface area contributed by atoms with Crippen LogP contribution in [0.25, 0.3) is 22.4 Å². The Kier molecular flexibility index (Phi) is 12.2. The number of hydrazine groups is 1. The summed E-state index contributed by atoms with van der Waals surface area (Å²) in [5, 5.41) is 23.8. The van der Waals surface area contributed by atoms with E-state index in [1.165, 1.54) is 24.3 Å². The van der Waals surface area contributed by atoms with Crippen LogP contribution in [0.3, 0.4) is 0 Å². The fourth-order valence-electron chi connectivity index (χ4n) is 5.96. The first-order valence-corrected chi connectivity index (χ1v) is 19.2. The molecule has 55 heavy (non-hydrogen) atoms. The van der Waals surface area contributed by atoms with Crippen molar-refractivity contribution in [2.24, 2.45) is 11.3 Å². The number of aliphatic hydroxyl groups excluding tert-OH is 1. The fraction of sp³-hybridized carbons (Fsp3) is 0.275. The number of ether oxygens (including phenoxy) is 3. The highest BCUT2D eigenvalue weighted by Crippen LogP contribution is 2.37. The predicted octanol–water partition coefficient (Wildman–Crippen LogP) is 5.13. The Hall–Kier alpha value is -5.74. The zero-order valence-electron chi connectivity index (χ0n) is 30.4. The van der Waals surface area contributed by atoms with Gasteiger partial charge in [-0.25, -0.2) is 24.2 Å². The van der Waals surface area contributed by atoms with Crippen LogP contribution in [0.15, 0.2) is 108 Å². The Morgan fingerprint density at radius 3 is 2.42 bits per heavy atom. The second-order valence-corrected chi connectivity index (χ2v) is 15.5. The van der Waals surface area contributed by atoms with E-state index < -0.39 is 27.7 Å². The molecular formula is C40H44N6O8S. The minimum Gasteiger partial charge on any atom is -0.508 e. The Morgan fingerprint density at radius 2 is 1.69 bits per heavy atom. The van der Waals surface area contributed by atoms with Gasteiger partial charge in [-0.1, -0.05) is 62.4 Å². The number of carbonyl (C=O) groups is 1. The number of fused-ring (bicyclic) bond motifs is 1. The number of aromatic nitrogens is 2.